The van der Waals surface area contributed by atoms with E-state index in [9.17, 15) is 9.59 Å². The van der Waals surface area contributed by atoms with Crippen molar-refractivity contribution in [1.29, 1.82) is 0 Å². The molecule has 2 amide bonds. The van der Waals surface area contributed by atoms with Crippen LogP contribution in [0.5, 0.6) is 0 Å². The fraction of sp³-hybridized carbons (Fsp3) is 0.500. The van der Waals surface area contributed by atoms with Gasteiger partial charge in [0.05, 0.1) is 17.3 Å². The topological polar surface area (TPSA) is 75.4 Å². The zero-order valence-electron chi connectivity index (χ0n) is 13.9. The average molecular weight is 397 g/mol. The highest BCUT2D eigenvalue weighted by Crippen LogP contribution is 2.25. The van der Waals surface area contributed by atoms with Crippen LogP contribution < -0.4 is 11.1 Å². The minimum absolute atomic E-state index is 0. The van der Waals surface area contributed by atoms with Gasteiger partial charge in [0.15, 0.2) is 0 Å². The number of anilines is 1. The summed E-state index contributed by atoms with van der Waals surface area (Å²) < 4.78 is 0. The molecule has 5 nitrogen and oxygen atoms in total. The number of halogens is 3. The maximum Gasteiger partial charge on any atom is 0.244 e. The van der Waals surface area contributed by atoms with Crippen molar-refractivity contribution in [3.8, 4) is 0 Å². The predicted molar refractivity (Wildman–Crippen MR) is 102 cm³/mol. The molecule has 0 aromatic heterocycles. The summed E-state index contributed by atoms with van der Waals surface area (Å²) in [5, 5.41) is 3.56. The van der Waals surface area contributed by atoms with E-state index in [1.54, 1.807) is 18.2 Å². The summed E-state index contributed by atoms with van der Waals surface area (Å²) in [5.74, 6) is -0.381. The molecule has 8 heteroatoms. The smallest absolute Gasteiger partial charge is 0.244 e. The summed E-state index contributed by atoms with van der Waals surface area (Å²) in [6.07, 6.45) is 1.71. The molecule has 0 spiro atoms. The number of carbonyl (C=O) groups excluding carboxylic acids is 2. The molecular formula is C16H24Cl3N3O2. The first kappa shape index (κ1) is 23.0. The standard InChI is InChI=1S/C16H23Cl2N3O2.ClH/c1-3-8-21(16(23)7-4-11(2)19)10-15(22)20-14-9-12(17)5-6-13(14)18;/h5-6,9,11H,3-4,7-8,10,19H2,1-2H3,(H,20,22);1H. The Kier molecular flexibility index (Phi) is 11.0. The molecule has 24 heavy (non-hydrogen) atoms. The van der Waals surface area contributed by atoms with Crippen LogP contribution in [0, 0.1) is 0 Å². The first-order valence-corrected chi connectivity index (χ1v) is 8.37. The molecule has 1 rings (SSSR count). The first-order chi connectivity index (χ1) is 10.8. The van der Waals surface area contributed by atoms with Crippen LogP contribution >= 0.6 is 35.6 Å². The second kappa shape index (κ2) is 11.5. The summed E-state index contributed by atoms with van der Waals surface area (Å²) in [5.41, 5.74) is 6.11. The normalized spacial score (nSPS) is 11.4. The van der Waals surface area contributed by atoms with Crippen LogP contribution in [0.25, 0.3) is 0 Å². The third kappa shape index (κ3) is 8.20. The van der Waals surface area contributed by atoms with Crippen LogP contribution in [0.3, 0.4) is 0 Å². The summed E-state index contributed by atoms with van der Waals surface area (Å²) >= 11 is 11.9. The molecule has 136 valence electrons. The van der Waals surface area contributed by atoms with Gasteiger partial charge in [-0.05, 0) is 38.0 Å². The number of rotatable bonds is 8. The second-order valence-electron chi connectivity index (χ2n) is 5.50. The van der Waals surface area contributed by atoms with Gasteiger partial charge in [0.25, 0.3) is 0 Å². The zero-order chi connectivity index (χ0) is 17.4. The molecular weight excluding hydrogens is 373 g/mol. The van der Waals surface area contributed by atoms with Crippen molar-refractivity contribution in [3.05, 3.63) is 28.2 Å². The second-order valence-corrected chi connectivity index (χ2v) is 6.35. The van der Waals surface area contributed by atoms with Gasteiger partial charge < -0.3 is 16.0 Å². The van der Waals surface area contributed by atoms with Crippen molar-refractivity contribution in [3.63, 3.8) is 0 Å². The molecule has 1 aromatic carbocycles. The lowest BCUT2D eigenvalue weighted by Gasteiger charge is -2.22. The predicted octanol–water partition coefficient (Wildman–Crippen LogP) is 3.72. The minimum Gasteiger partial charge on any atom is -0.333 e. The van der Waals surface area contributed by atoms with Crippen LogP contribution in [0.4, 0.5) is 5.69 Å². The van der Waals surface area contributed by atoms with Crippen molar-refractivity contribution in [2.45, 2.75) is 39.2 Å². The molecule has 3 N–H and O–H groups in total. The van der Waals surface area contributed by atoms with Gasteiger partial charge in [0.2, 0.25) is 11.8 Å². The maximum absolute atomic E-state index is 12.2. The molecule has 0 radical (unpaired) electrons. The lowest BCUT2D eigenvalue weighted by molar-refractivity contribution is -0.134. The van der Waals surface area contributed by atoms with Crippen molar-refractivity contribution >= 4 is 53.1 Å². The Morgan fingerprint density at radius 3 is 2.58 bits per heavy atom. The fourth-order valence-corrected chi connectivity index (χ4v) is 2.36. The van der Waals surface area contributed by atoms with Crippen molar-refractivity contribution in [2.24, 2.45) is 5.73 Å². The number of hydrogen-bond donors (Lipinski definition) is 2. The monoisotopic (exact) mass is 395 g/mol. The third-order valence-electron chi connectivity index (χ3n) is 3.20. The summed E-state index contributed by atoms with van der Waals surface area (Å²) in [4.78, 5) is 25.9. The Hall–Kier alpha value is -1.01. The minimum atomic E-state index is -0.309. The molecule has 0 aliphatic rings. The van der Waals surface area contributed by atoms with Crippen LogP contribution in [-0.4, -0.2) is 35.8 Å². The van der Waals surface area contributed by atoms with Crippen LogP contribution in [0.15, 0.2) is 18.2 Å². The highest BCUT2D eigenvalue weighted by Gasteiger charge is 2.17. The van der Waals surface area contributed by atoms with Crippen molar-refractivity contribution in [2.75, 3.05) is 18.4 Å². The number of nitrogens with two attached hydrogens (primary N) is 1. The number of carbonyl (C=O) groups is 2. The van der Waals surface area contributed by atoms with E-state index in [1.165, 1.54) is 4.90 Å². The number of amides is 2. The van der Waals surface area contributed by atoms with E-state index in [1.807, 2.05) is 13.8 Å². The zero-order valence-corrected chi connectivity index (χ0v) is 16.2. The lowest BCUT2D eigenvalue weighted by atomic mass is 10.2. The van der Waals surface area contributed by atoms with Gasteiger partial charge in [-0.15, -0.1) is 12.4 Å². The third-order valence-corrected chi connectivity index (χ3v) is 3.76. The van der Waals surface area contributed by atoms with E-state index < -0.39 is 0 Å². The average Bonchev–Trinajstić information content (AvgIpc) is 2.48. The van der Waals surface area contributed by atoms with E-state index in [2.05, 4.69) is 5.32 Å². The quantitative estimate of drug-likeness (QED) is 0.703. The van der Waals surface area contributed by atoms with Crippen molar-refractivity contribution in [1.82, 2.24) is 4.90 Å². The van der Waals surface area contributed by atoms with Crippen LogP contribution in [-0.2, 0) is 9.59 Å². The lowest BCUT2D eigenvalue weighted by Crippen LogP contribution is -2.39. The van der Waals surface area contributed by atoms with Crippen LogP contribution in [0.1, 0.15) is 33.1 Å². The highest BCUT2D eigenvalue weighted by atomic mass is 35.5. The highest BCUT2D eigenvalue weighted by molar-refractivity contribution is 6.35. The van der Waals surface area contributed by atoms with Gasteiger partial charge in [-0.2, -0.15) is 0 Å². The molecule has 0 saturated carbocycles. The molecule has 0 bridgehead atoms. The Bertz CT molecular complexity index is 553. The summed E-state index contributed by atoms with van der Waals surface area (Å²) in [6.45, 7) is 4.31. The van der Waals surface area contributed by atoms with E-state index in [0.717, 1.165) is 6.42 Å². The number of hydrogen-bond acceptors (Lipinski definition) is 3. The van der Waals surface area contributed by atoms with Gasteiger partial charge in [-0.25, -0.2) is 0 Å². The molecule has 0 aliphatic heterocycles. The first-order valence-electron chi connectivity index (χ1n) is 7.61. The molecule has 1 unspecified atom stereocenters. The molecule has 0 fully saturated rings. The maximum atomic E-state index is 12.2. The molecule has 0 saturated heterocycles. The van der Waals surface area contributed by atoms with Gasteiger partial charge >= 0.3 is 0 Å². The Morgan fingerprint density at radius 1 is 1.33 bits per heavy atom. The summed E-state index contributed by atoms with van der Waals surface area (Å²) in [7, 11) is 0. The molecule has 1 atom stereocenters. The molecule has 0 heterocycles. The van der Waals surface area contributed by atoms with E-state index in [4.69, 9.17) is 28.9 Å². The largest absolute Gasteiger partial charge is 0.333 e. The SMILES string of the molecule is CCCN(CC(=O)Nc1cc(Cl)ccc1Cl)C(=O)CCC(C)N.Cl. The van der Waals surface area contributed by atoms with Gasteiger partial charge in [0, 0.05) is 24.0 Å². The van der Waals surface area contributed by atoms with Crippen LogP contribution in [0.2, 0.25) is 10.0 Å². The molecule has 1 aromatic rings. The van der Waals surface area contributed by atoms with E-state index in [0.29, 0.717) is 35.1 Å². The molecule has 0 aliphatic carbocycles. The Labute approximate surface area is 159 Å². The van der Waals surface area contributed by atoms with E-state index >= 15 is 0 Å². The number of nitrogens with zero attached hydrogens (tertiary/aromatic N) is 1. The number of benzene rings is 1. The fourth-order valence-electron chi connectivity index (χ4n) is 2.03. The Balaban J connectivity index is 0.00000529. The van der Waals surface area contributed by atoms with Gasteiger partial charge in [0.1, 0.15) is 0 Å². The van der Waals surface area contributed by atoms with Gasteiger partial charge in [-0.3, -0.25) is 9.59 Å². The summed E-state index contributed by atoms with van der Waals surface area (Å²) in [6, 6.07) is 4.78. The van der Waals surface area contributed by atoms with Gasteiger partial charge in [-0.1, -0.05) is 30.1 Å². The van der Waals surface area contributed by atoms with E-state index in [-0.39, 0.29) is 36.8 Å². The van der Waals surface area contributed by atoms with Crippen molar-refractivity contribution < 1.29 is 9.59 Å². The number of nitrogens with one attached hydrogen (secondary N) is 1. The Morgan fingerprint density at radius 2 is 2.00 bits per heavy atom.